The van der Waals surface area contributed by atoms with E-state index in [0.717, 1.165) is 38.5 Å². The van der Waals surface area contributed by atoms with Crippen LogP contribution in [0.2, 0.25) is 0 Å². The number of carbonyl (C=O) groups is 2. The molecule has 0 radical (unpaired) electrons. The second-order valence-electron chi connectivity index (χ2n) is 7.85. The van der Waals surface area contributed by atoms with Gasteiger partial charge in [0.25, 0.3) is 0 Å². The number of alkyl halides is 3. The van der Waals surface area contributed by atoms with E-state index in [9.17, 15) is 22.8 Å². The fraction of sp³-hybridized carbons (Fsp3) is 0.789. The number of rotatable bonds is 5. The topological polar surface area (TPSA) is 52.6 Å². The van der Waals surface area contributed by atoms with E-state index in [1.807, 2.05) is 6.92 Å². The first-order chi connectivity index (χ1) is 12.2. The number of ether oxygens (including phenoxy) is 2. The van der Waals surface area contributed by atoms with Crippen molar-refractivity contribution in [1.82, 2.24) is 0 Å². The van der Waals surface area contributed by atoms with Crippen LogP contribution in [0.5, 0.6) is 0 Å². The fourth-order valence-electron chi connectivity index (χ4n) is 4.87. The van der Waals surface area contributed by atoms with Gasteiger partial charge in [0.15, 0.2) is 0 Å². The third-order valence-corrected chi connectivity index (χ3v) is 6.44. The molecule has 3 saturated carbocycles. The van der Waals surface area contributed by atoms with Crippen LogP contribution in [0.1, 0.15) is 58.3 Å². The van der Waals surface area contributed by atoms with Crippen LogP contribution in [0.4, 0.5) is 13.2 Å². The molecule has 2 bridgehead atoms. The summed E-state index contributed by atoms with van der Waals surface area (Å²) >= 11 is 0. The summed E-state index contributed by atoms with van der Waals surface area (Å²) in [5.74, 6) is -2.45. The van der Waals surface area contributed by atoms with Crippen molar-refractivity contribution in [3.8, 4) is 0 Å². The van der Waals surface area contributed by atoms with E-state index in [2.05, 4.69) is 6.58 Å². The van der Waals surface area contributed by atoms with E-state index in [-0.39, 0.29) is 17.8 Å². The highest BCUT2D eigenvalue weighted by atomic mass is 19.4. The molecule has 3 fully saturated rings. The van der Waals surface area contributed by atoms with Crippen molar-refractivity contribution >= 4 is 11.9 Å². The Balaban J connectivity index is 1.64. The number of hydrogen-bond acceptors (Lipinski definition) is 4. The molecule has 4 unspecified atom stereocenters. The Morgan fingerprint density at radius 3 is 2.42 bits per heavy atom. The molecule has 7 heteroatoms. The third-order valence-electron chi connectivity index (χ3n) is 6.44. The average molecular weight is 374 g/mol. The minimum Gasteiger partial charge on any atom is -0.459 e. The fourth-order valence-corrected chi connectivity index (χ4v) is 4.87. The molecule has 4 nitrogen and oxygen atoms in total. The van der Waals surface area contributed by atoms with E-state index in [0.29, 0.717) is 12.8 Å². The molecule has 3 aliphatic rings. The van der Waals surface area contributed by atoms with Crippen LogP contribution in [-0.4, -0.2) is 29.8 Å². The van der Waals surface area contributed by atoms with Gasteiger partial charge in [-0.05, 0) is 57.3 Å². The van der Waals surface area contributed by atoms with E-state index in [4.69, 9.17) is 9.47 Å². The molecule has 4 atom stereocenters. The van der Waals surface area contributed by atoms with Crippen molar-refractivity contribution < 1.29 is 32.2 Å². The van der Waals surface area contributed by atoms with Crippen LogP contribution in [0.3, 0.4) is 0 Å². The molecule has 0 aromatic heterocycles. The minimum atomic E-state index is -4.80. The van der Waals surface area contributed by atoms with Crippen LogP contribution in [0, 0.1) is 17.8 Å². The Labute approximate surface area is 151 Å². The van der Waals surface area contributed by atoms with Gasteiger partial charge < -0.3 is 9.47 Å². The minimum absolute atomic E-state index is 0.0799. The Kier molecular flexibility index (Phi) is 5.10. The van der Waals surface area contributed by atoms with E-state index < -0.39 is 35.3 Å². The van der Waals surface area contributed by atoms with Gasteiger partial charge in [-0.3, -0.25) is 4.79 Å². The monoisotopic (exact) mass is 374 g/mol. The molecular weight excluding hydrogens is 349 g/mol. The lowest BCUT2D eigenvalue weighted by Crippen LogP contribution is -2.36. The van der Waals surface area contributed by atoms with Crippen LogP contribution < -0.4 is 0 Å². The van der Waals surface area contributed by atoms with Crippen LogP contribution in [0.15, 0.2) is 12.2 Å². The molecule has 0 spiro atoms. The predicted molar refractivity (Wildman–Crippen MR) is 87.0 cm³/mol. The van der Waals surface area contributed by atoms with Crippen LogP contribution in [-0.2, 0) is 19.1 Å². The van der Waals surface area contributed by atoms with Crippen molar-refractivity contribution in [3.05, 3.63) is 12.2 Å². The molecule has 0 N–H and O–H groups in total. The summed E-state index contributed by atoms with van der Waals surface area (Å²) in [6.07, 6.45) is 1.05. The van der Waals surface area contributed by atoms with Gasteiger partial charge in [-0.2, -0.15) is 13.2 Å². The van der Waals surface area contributed by atoms with Gasteiger partial charge in [-0.25, -0.2) is 4.79 Å². The summed E-state index contributed by atoms with van der Waals surface area (Å²) in [4.78, 5) is 24.5. The SMILES string of the molecule is C=C(C(=O)OC1C2CCC1C(C(=O)OC1(CC)CCCC1)C2)C(F)(F)F. The summed E-state index contributed by atoms with van der Waals surface area (Å²) < 4.78 is 48.9. The lowest BCUT2D eigenvalue weighted by molar-refractivity contribution is -0.169. The van der Waals surface area contributed by atoms with Crippen molar-refractivity contribution in [3.63, 3.8) is 0 Å². The maximum absolute atomic E-state index is 12.7. The first kappa shape index (κ1) is 19.2. The van der Waals surface area contributed by atoms with E-state index in [1.165, 1.54) is 0 Å². The lowest BCUT2D eigenvalue weighted by atomic mass is 9.88. The van der Waals surface area contributed by atoms with E-state index >= 15 is 0 Å². The molecule has 146 valence electrons. The van der Waals surface area contributed by atoms with Gasteiger partial charge >= 0.3 is 18.1 Å². The average Bonchev–Trinajstić information content (AvgIpc) is 3.29. The van der Waals surface area contributed by atoms with Gasteiger partial charge in [0.1, 0.15) is 17.3 Å². The highest BCUT2D eigenvalue weighted by molar-refractivity contribution is 5.89. The summed E-state index contributed by atoms with van der Waals surface area (Å²) in [5, 5.41) is 0. The van der Waals surface area contributed by atoms with E-state index in [1.54, 1.807) is 0 Å². The van der Waals surface area contributed by atoms with Crippen molar-refractivity contribution in [2.45, 2.75) is 76.2 Å². The highest BCUT2D eigenvalue weighted by Crippen LogP contribution is 2.51. The molecule has 3 aliphatic carbocycles. The largest absolute Gasteiger partial charge is 0.459 e. The lowest BCUT2D eigenvalue weighted by Gasteiger charge is -2.31. The zero-order valence-electron chi connectivity index (χ0n) is 14.9. The highest BCUT2D eigenvalue weighted by Gasteiger charge is 2.55. The number of fused-ring (bicyclic) bond motifs is 2. The zero-order valence-corrected chi connectivity index (χ0v) is 14.9. The molecule has 0 aromatic rings. The molecule has 3 rings (SSSR count). The maximum Gasteiger partial charge on any atom is 0.422 e. The van der Waals surface area contributed by atoms with Crippen molar-refractivity contribution in [1.29, 1.82) is 0 Å². The molecular formula is C19H25F3O4. The van der Waals surface area contributed by atoms with Gasteiger partial charge in [0.05, 0.1) is 5.92 Å². The number of halogens is 3. The summed E-state index contributed by atoms with van der Waals surface area (Å²) in [6.45, 7) is 4.80. The smallest absolute Gasteiger partial charge is 0.422 e. The zero-order chi connectivity index (χ0) is 19.1. The summed E-state index contributed by atoms with van der Waals surface area (Å²) in [5.41, 5.74) is -1.89. The first-order valence-corrected chi connectivity index (χ1v) is 9.37. The van der Waals surface area contributed by atoms with Crippen molar-refractivity contribution in [2.75, 3.05) is 0 Å². The number of carbonyl (C=O) groups excluding carboxylic acids is 2. The van der Waals surface area contributed by atoms with Gasteiger partial charge in [-0.15, -0.1) is 0 Å². The molecule has 0 saturated heterocycles. The molecule has 0 aliphatic heterocycles. The van der Waals surface area contributed by atoms with Crippen molar-refractivity contribution in [2.24, 2.45) is 17.8 Å². The van der Waals surface area contributed by atoms with Crippen LogP contribution in [0.25, 0.3) is 0 Å². The maximum atomic E-state index is 12.7. The Hall–Kier alpha value is -1.53. The predicted octanol–water partition coefficient (Wildman–Crippen LogP) is 4.33. The standard InChI is InChI=1S/C19H25F3O4/c1-3-18(8-4-5-9-18)26-17(24)14-10-12-6-7-13(14)15(12)25-16(23)11(2)19(20,21)22/h12-15H,2-10H2,1H3. The van der Waals surface area contributed by atoms with Crippen LogP contribution >= 0.6 is 0 Å². The second-order valence-corrected chi connectivity index (χ2v) is 7.85. The Morgan fingerprint density at radius 1 is 1.19 bits per heavy atom. The number of hydrogen-bond donors (Lipinski definition) is 0. The third kappa shape index (κ3) is 3.49. The normalized spacial score (nSPS) is 32.5. The summed E-state index contributed by atoms with van der Waals surface area (Å²) in [6, 6.07) is 0. The summed E-state index contributed by atoms with van der Waals surface area (Å²) in [7, 11) is 0. The molecule has 0 heterocycles. The Morgan fingerprint density at radius 2 is 1.85 bits per heavy atom. The van der Waals surface area contributed by atoms with Gasteiger partial charge in [0, 0.05) is 5.92 Å². The molecule has 0 aromatic carbocycles. The first-order valence-electron chi connectivity index (χ1n) is 9.37. The van der Waals surface area contributed by atoms with Gasteiger partial charge in [-0.1, -0.05) is 13.5 Å². The van der Waals surface area contributed by atoms with Gasteiger partial charge in [0.2, 0.25) is 0 Å². The molecule has 0 amide bonds. The number of esters is 2. The Bertz CT molecular complexity index is 592. The molecule has 26 heavy (non-hydrogen) atoms. The second kappa shape index (κ2) is 6.89. The quantitative estimate of drug-likeness (QED) is 0.531.